The van der Waals surface area contributed by atoms with E-state index in [2.05, 4.69) is 24.0 Å². The number of nitrogens with zero attached hydrogens (tertiary/aromatic N) is 1. The molecule has 0 amide bonds. The summed E-state index contributed by atoms with van der Waals surface area (Å²) in [4.78, 5) is 4.05. The smallest absolute Gasteiger partial charge is 0.123 e. The Labute approximate surface area is 137 Å². The largest absolute Gasteiger partial charge is 0.493 e. The van der Waals surface area contributed by atoms with Crippen molar-refractivity contribution in [2.75, 3.05) is 18.9 Å². The van der Waals surface area contributed by atoms with Gasteiger partial charge in [0.05, 0.1) is 19.3 Å². The molecule has 0 bridgehead atoms. The SMILES string of the molecule is Cc1ccc(OCCCOC2CCC2)cc1-c1ccnc(N)c1. The molecule has 4 nitrogen and oxygen atoms in total. The predicted octanol–water partition coefficient (Wildman–Crippen LogP) is 3.98. The summed E-state index contributed by atoms with van der Waals surface area (Å²) >= 11 is 0. The molecule has 2 N–H and O–H groups in total. The first-order valence-electron chi connectivity index (χ1n) is 8.29. The van der Waals surface area contributed by atoms with E-state index in [0.717, 1.165) is 29.9 Å². The molecule has 0 saturated heterocycles. The number of ether oxygens (including phenoxy) is 2. The number of aromatic nitrogens is 1. The van der Waals surface area contributed by atoms with Crippen molar-refractivity contribution >= 4 is 5.82 Å². The number of benzene rings is 1. The van der Waals surface area contributed by atoms with Crippen LogP contribution in [0.5, 0.6) is 5.75 Å². The fraction of sp³-hybridized carbons (Fsp3) is 0.421. The van der Waals surface area contributed by atoms with Gasteiger partial charge in [0.15, 0.2) is 0 Å². The van der Waals surface area contributed by atoms with Crippen LogP contribution in [-0.4, -0.2) is 24.3 Å². The van der Waals surface area contributed by atoms with Crippen LogP contribution in [0.25, 0.3) is 11.1 Å². The highest BCUT2D eigenvalue weighted by molar-refractivity contribution is 5.70. The van der Waals surface area contributed by atoms with E-state index >= 15 is 0 Å². The number of rotatable bonds is 7. The Morgan fingerprint density at radius 3 is 2.78 bits per heavy atom. The van der Waals surface area contributed by atoms with Gasteiger partial charge in [0.25, 0.3) is 0 Å². The summed E-state index contributed by atoms with van der Waals surface area (Å²) in [6, 6.07) is 10.0. The maximum absolute atomic E-state index is 5.86. The van der Waals surface area contributed by atoms with E-state index in [1.807, 2.05) is 18.2 Å². The van der Waals surface area contributed by atoms with Gasteiger partial charge in [-0.05, 0) is 67.1 Å². The highest BCUT2D eigenvalue weighted by Crippen LogP contribution is 2.28. The molecular weight excluding hydrogens is 288 g/mol. The second-order valence-corrected chi connectivity index (χ2v) is 6.07. The van der Waals surface area contributed by atoms with Crippen molar-refractivity contribution in [1.82, 2.24) is 4.98 Å². The average molecular weight is 312 g/mol. The van der Waals surface area contributed by atoms with E-state index in [-0.39, 0.29) is 0 Å². The molecule has 122 valence electrons. The summed E-state index contributed by atoms with van der Waals surface area (Å²) in [5.74, 6) is 1.41. The van der Waals surface area contributed by atoms with E-state index in [1.165, 1.54) is 24.8 Å². The van der Waals surface area contributed by atoms with Crippen LogP contribution in [0.3, 0.4) is 0 Å². The molecule has 3 rings (SSSR count). The number of anilines is 1. The minimum atomic E-state index is 0.498. The number of aryl methyl sites for hydroxylation is 1. The lowest BCUT2D eigenvalue weighted by molar-refractivity contribution is -0.00223. The van der Waals surface area contributed by atoms with Crippen LogP contribution in [0, 0.1) is 6.92 Å². The molecule has 23 heavy (non-hydrogen) atoms. The van der Waals surface area contributed by atoms with Crippen LogP contribution in [0.1, 0.15) is 31.2 Å². The summed E-state index contributed by atoms with van der Waals surface area (Å²) in [6.07, 6.45) is 6.90. The van der Waals surface area contributed by atoms with Crippen LogP contribution >= 0.6 is 0 Å². The number of hydrogen-bond donors (Lipinski definition) is 1. The Kier molecular flexibility index (Phi) is 5.13. The molecule has 0 spiro atoms. The number of nitrogen functional groups attached to an aromatic ring is 1. The lowest BCUT2D eigenvalue weighted by atomic mass is 9.96. The third kappa shape index (κ3) is 4.23. The van der Waals surface area contributed by atoms with E-state index in [9.17, 15) is 0 Å². The molecule has 0 radical (unpaired) electrons. The molecule has 1 fully saturated rings. The van der Waals surface area contributed by atoms with Gasteiger partial charge in [-0.15, -0.1) is 0 Å². The van der Waals surface area contributed by atoms with E-state index in [1.54, 1.807) is 6.20 Å². The molecule has 1 heterocycles. The zero-order chi connectivity index (χ0) is 16.1. The lowest BCUT2D eigenvalue weighted by Crippen LogP contribution is -2.22. The first kappa shape index (κ1) is 15.8. The highest BCUT2D eigenvalue weighted by atomic mass is 16.5. The molecule has 0 atom stereocenters. The fourth-order valence-electron chi connectivity index (χ4n) is 2.65. The predicted molar refractivity (Wildman–Crippen MR) is 92.5 cm³/mol. The second kappa shape index (κ2) is 7.47. The maximum Gasteiger partial charge on any atom is 0.123 e. The Hall–Kier alpha value is -2.07. The maximum atomic E-state index is 5.86. The zero-order valence-electron chi connectivity index (χ0n) is 13.6. The van der Waals surface area contributed by atoms with Gasteiger partial charge in [0, 0.05) is 12.6 Å². The second-order valence-electron chi connectivity index (χ2n) is 6.07. The van der Waals surface area contributed by atoms with Crippen molar-refractivity contribution in [2.45, 2.75) is 38.7 Å². The van der Waals surface area contributed by atoms with Crippen molar-refractivity contribution in [2.24, 2.45) is 0 Å². The summed E-state index contributed by atoms with van der Waals surface area (Å²) in [6.45, 7) is 3.54. The van der Waals surface area contributed by atoms with Crippen molar-refractivity contribution in [3.05, 3.63) is 42.1 Å². The third-order valence-electron chi connectivity index (χ3n) is 4.26. The molecule has 1 aromatic carbocycles. The monoisotopic (exact) mass is 312 g/mol. The molecule has 0 unspecified atom stereocenters. The molecule has 2 aromatic rings. The number of nitrogens with two attached hydrogens (primary N) is 1. The van der Waals surface area contributed by atoms with Gasteiger partial charge in [-0.2, -0.15) is 0 Å². The van der Waals surface area contributed by atoms with Gasteiger partial charge in [-0.1, -0.05) is 6.07 Å². The van der Waals surface area contributed by atoms with E-state index < -0.39 is 0 Å². The highest BCUT2D eigenvalue weighted by Gasteiger charge is 2.17. The molecule has 0 aliphatic heterocycles. The first-order chi connectivity index (χ1) is 11.2. The van der Waals surface area contributed by atoms with Crippen LogP contribution in [0.15, 0.2) is 36.5 Å². The Morgan fingerprint density at radius 2 is 2.04 bits per heavy atom. The van der Waals surface area contributed by atoms with Gasteiger partial charge >= 0.3 is 0 Å². The minimum absolute atomic E-state index is 0.498. The van der Waals surface area contributed by atoms with Crippen LogP contribution in [0.4, 0.5) is 5.82 Å². The number of pyridine rings is 1. The molecule has 1 aliphatic carbocycles. The van der Waals surface area contributed by atoms with Gasteiger partial charge in [-0.25, -0.2) is 4.98 Å². The van der Waals surface area contributed by atoms with Crippen LogP contribution in [-0.2, 0) is 4.74 Å². The lowest BCUT2D eigenvalue weighted by Gasteiger charge is -2.25. The van der Waals surface area contributed by atoms with Gasteiger partial charge < -0.3 is 15.2 Å². The average Bonchev–Trinajstić information content (AvgIpc) is 2.50. The summed E-state index contributed by atoms with van der Waals surface area (Å²) in [5, 5.41) is 0. The van der Waals surface area contributed by atoms with Gasteiger partial charge in [0.2, 0.25) is 0 Å². The molecule has 1 saturated carbocycles. The topological polar surface area (TPSA) is 57.4 Å². The summed E-state index contributed by atoms with van der Waals surface area (Å²) < 4.78 is 11.6. The zero-order valence-corrected chi connectivity index (χ0v) is 13.6. The molecule has 1 aliphatic rings. The van der Waals surface area contributed by atoms with Crippen molar-refractivity contribution < 1.29 is 9.47 Å². The van der Waals surface area contributed by atoms with Crippen LogP contribution < -0.4 is 10.5 Å². The molecular formula is C19H24N2O2. The van der Waals surface area contributed by atoms with E-state index in [0.29, 0.717) is 18.5 Å². The van der Waals surface area contributed by atoms with Gasteiger partial charge in [-0.3, -0.25) is 0 Å². The number of hydrogen-bond acceptors (Lipinski definition) is 4. The normalized spacial score (nSPS) is 14.5. The Bertz CT molecular complexity index is 654. The molecule has 4 heteroatoms. The van der Waals surface area contributed by atoms with Crippen molar-refractivity contribution in [3.8, 4) is 16.9 Å². The fourth-order valence-corrected chi connectivity index (χ4v) is 2.65. The first-order valence-corrected chi connectivity index (χ1v) is 8.29. The molecule has 1 aromatic heterocycles. The van der Waals surface area contributed by atoms with Crippen molar-refractivity contribution in [3.63, 3.8) is 0 Å². The standard InChI is InChI=1S/C19H24N2O2/c1-14-6-7-17(23-11-3-10-22-16-4-2-5-16)13-18(14)15-8-9-21-19(20)12-15/h6-9,12-13,16H,2-5,10-11H2,1H3,(H2,20,21). The Morgan fingerprint density at radius 1 is 1.17 bits per heavy atom. The van der Waals surface area contributed by atoms with Gasteiger partial charge in [0.1, 0.15) is 11.6 Å². The summed E-state index contributed by atoms with van der Waals surface area (Å²) in [5.41, 5.74) is 9.16. The van der Waals surface area contributed by atoms with Crippen LogP contribution in [0.2, 0.25) is 0 Å². The Balaban J connectivity index is 1.56. The van der Waals surface area contributed by atoms with Crippen molar-refractivity contribution in [1.29, 1.82) is 0 Å². The third-order valence-corrected chi connectivity index (χ3v) is 4.26. The quantitative estimate of drug-likeness (QED) is 0.786. The minimum Gasteiger partial charge on any atom is -0.493 e. The van der Waals surface area contributed by atoms with E-state index in [4.69, 9.17) is 15.2 Å². The summed E-state index contributed by atoms with van der Waals surface area (Å²) in [7, 11) is 0.